The van der Waals surface area contributed by atoms with Crippen LogP contribution in [-0.4, -0.2) is 98.6 Å². The van der Waals surface area contributed by atoms with E-state index >= 15 is 0 Å². The van der Waals surface area contributed by atoms with Crippen molar-refractivity contribution in [2.75, 3.05) is 20.3 Å². The molecule has 336 valence electrons. The van der Waals surface area contributed by atoms with Crippen LogP contribution in [0.3, 0.4) is 0 Å². The topological polar surface area (TPSA) is 130 Å². The average molecular weight is 874 g/mol. The molecule has 1 amide bonds. The number of carbonyl (C=O) groups is 2. The minimum atomic E-state index is -1.09. The van der Waals surface area contributed by atoms with E-state index in [2.05, 4.69) is 0 Å². The highest BCUT2D eigenvalue weighted by molar-refractivity contribution is 5.71. The number of hydrogen-bond acceptors (Lipinski definition) is 12. The second-order valence-electron chi connectivity index (χ2n) is 16.0. The monoisotopic (exact) mass is 873 g/mol. The summed E-state index contributed by atoms with van der Waals surface area (Å²) in [4.78, 5) is 28.0. The molecule has 0 N–H and O–H groups in total. The van der Waals surface area contributed by atoms with Gasteiger partial charge in [0.15, 0.2) is 24.8 Å². The maximum Gasteiger partial charge on any atom is 0.411 e. The maximum atomic E-state index is 13.8. The van der Waals surface area contributed by atoms with Gasteiger partial charge in [0, 0.05) is 20.6 Å². The first kappa shape index (κ1) is 45.1. The summed E-state index contributed by atoms with van der Waals surface area (Å²) in [5.41, 5.74) is 4.70. The fourth-order valence-electron chi connectivity index (χ4n) is 8.34. The number of amides is 1. The van der Waals surface area contributed by atoms with Gasteiger partial charge in [-0.2, -0.15) is 0 Å². The Morgan fingerprint density at radius 1 is 0.531 bits per heavy atom. The first-order valence-electron chi connectivity index (χ1n) is 21.7. The standard InChI is InChI=1S/C51H55NO12/c1-35(53)61-45-41(33-56-29-37-20-10-4-11-21-37)62-49(43-46(45)64-51(54)52(43)28-36-18-8-3-9-19-36)60-34-42-44(57-30-38-22-12-5-13-23-38)47(58-31-39-24-14-6-15-25-39)48(50(55-2)63-42)59-32-40-26-16-7-17-27-40/h3-27,41-50H,28-34H2,1-2H3/t41?,42?,43?,44-,45+,46-,47+,48?,49+,50+/m1/s1. The van der Waals surface area contributed by atoms with Crippen LogP contribution in [0.25, 0.3) is 0 Å². The van der Waals surface area contributed by atoms with E-state index in [4.69, 9.17) is 47.4 Å². The van der Waals surface area contributed by atoms with Crippen molar-refractivity contribution in [1.29, 1.82) is 0 Å². The largest absolute Gasteiger partial charge is 0.456 e. The number of nitrogens with zero attached hydrogens (tertiary/aromatic N) is 1. The van der Waals surface area contributed by atoms with Crippen LogP contribution in [0.15, 0.2) is 152 Å². The van der Waals surface area contributed by atoms with Crippen LogP contribution in [0.4, 0.5) is 4.79 Å². The van der Waals surface area contributed by atoms with Gasteiger partial charge in [-0.1, -0.05) is 152 Å². The van der Waals surface area contributed by atoms with Gasteiger partial charge in [0.05, 0.1) is 39.6 Å². The van der Waals surface area contributed by atoms with Gasteiger partial charge in [-0.25, -0.2) is 4.79 Å². The van der Waals surface area contributed by atoms with Crippen molar-refractivity contribution in [3.63, 3.8) is 0 Å². The van der Waals surface area contributed by atoms with Crippen LogP contribution >= 0.6 is 0 Å². The van der Waals surface area contributed by atoms with Crippen molar-refractivity contribution in [3.05, 3.63) is 179 Å². The molecule has 13 nitrogen and oxygen atoms in total. The minimum Gasteiger partial charge on any atom is -0.456 e. The van der Waals surface area contributed by atoms with Crippen molar-refractivity contribution in [2.24, 2.45) is 0 Å². The SMILES string of the molecule is CO[C@H]1OC(CO[C@H]2OC(COCc3ccccc3)[C@H](OC(C)=O)[C@@H]3OC(=O)N(Cc4ccccc4)C23)[C@@H](OCc2ccccc2)[C@H](OCc2ccccc2)C1OCc1ccccc1. The molecule has 0 saturated carbocycles. The van der Waals surface area contributed by atoms with Crippen molar-refractivity contribution in [1.82, 2.24) is 4.90 Å². The summed E-state index contributed by atoms with van der Waals surface area (Å²) < 4.78 is 64.6. The molecule has 3 saturated heterocycles. The lowest BCUT2D eigenvalue weighted by Crippen LogP contribution is -2.64. The smallest absolute Gasteiger partial charge is 0.411 e. The van der Waals surface area contributed by atoms with E-state index in [9.17, 15) is 9.59 Å². The number of esters is 1. The van der Waals surface area contributed by atoms with Crippen molar-refractivity contribution in [2.45, 2.75) is 101 Å². The molecular formula is C51H55NO12. The molecule has 13 heteroatoms. The van der Waals surface area contributed by atoms with Gasteiger partial charge in [0.2, 0.25) is 0 Å². The molecule has 0 spiro atoms. The van der Waals surface area contributed by atoms with Gasteiger partial charge in [-0.05, 0) is 27.8 Å². The van der Waals surface area contributed by atoms with Crippen molar-refractivity contribution < 1.29 is 57.0 Å². The number of rotatable bonds is 20. The summed E-state index contributed by atoms with van der Waals surface area (Å²) in [5, 5.41) is 0. The lowest BCUT2D eigenvalue weighted by Gasteiger charge is -2.47. The third-order valence-electron chi connectivity index (χ3n) is 11.4. The van der Waals surface area contributed by atoms with Gasteiger partial charge >= 0.3 is 12.1 Å². The van der Waals surface area contributed by atoms with Crippen LogP contribution in [0.1, 0.15) is 34.7 Å². The number of hydrogen-bond donors (Lipinski definition) is 0. The molecule has 0 aliphatic carbocycles. The van der Waals surface area contributed by atoms with E-state index in [0.717, 1.165) is 27.8 Å². The van der Waals surface area contributed by atoms with Gasteiger partial charge in [-0.15, -0.1) is 0 Å². The zero-order valence-electron chi connectivity index (χ0n) is 36.0. The number of carbonyl (C=O) groups excluding carboxylic acids is 2. The van der Waals surface area contributed by atoms with Crippen molar-refractivity contribution in [3.8, 4) is 0 Å². The van der Waals surface area contributed by atoms with E-state index < -0.39 is 73.4 Å². The lowest BCUT2D eigenvalue weighted by atomic mass is 9.95. The quantitative estimate of drug-likeness (QED) is 0.0724. The molecular weight excluding hydrogens is 819 g/mol. The Labute approximate surface area is 374 Å². The Morgan fingerprint density at radius 3 is 1.50 bits per heavy atom. The molecule has 3 aliphatic rings. The Bertz CT molecular complexity index is 2170. The summed E-state index contributed by atoms with van der Waals surface area (Å²) in [6.07, 6.45) is -8.38. The first-order valence-corrected chi connectivity index (χ1v) is 21.7. The zero-order chi connectivity index (χ0) is 44.1. The Balaban J connectivity index is 1.10. The molecule has 64 heavy (non-hydrogen) atoms. The molecule has 0 bridgehead atoms. The maximum absolute atomic E-state index is 13.8. The van der Waals surface area contributed by atoms with E-state index in [1.165, 1.54) is 6.92 Å². The van der Waals surface area contributed by atoms with Gasteiger partial charge in [0.25, 0.3) is 0 Å². The van der Waals surface area contributed by atoms with Crippen molar-refractivity contribution >= 4 is 12.1 Å². The highest BCUT2D eigenvalue weighted by Crippen LogP contribution is 2.38. The molecule has 0 radical (unpaired) electrons. The number of fused-ring (bicyclic) bond motifs is 1. The second kappa shape index (κ2) is 22.4. The number of ether oxygens (including phenoxy) is 10. The summed E-state index contributed by atoms with van der Waals surface area (Å²) in [6.45, 7) is 2.47. The molecule has 3 aliphatic heterocycles. The normalized spacial score (nSPS) is 26.5. The van der Waals surface area contributed by atoms with Crippen LogP contribution in [0, 0.1) is 0 Å². The second-order valence-corrected chi connectivity index (χ2v) is 16.0. The highest BCUT2D eigenvalue weighted by atomic mass is 16.7. The molecule has 5 aromatic carbocycles. The first-order chi connectivity index (χ1) is 31.4. The number of benzene rings is 5. The zero-order valence-corrected chi connectivity index (χ0v) is 36.0. The highest BCUT2D eigenvalue weighted by Gasteiger charge is 2.59. The van der Waals surface area contributed by atoms with Crippen LogP contribution in [0.5, 0.6) is 0 Å². The summed E-state index contributed by atoms with van der Waals surface area (Å²) in [5.74, 6) is -0.553. The van der Waals surface area contributed by atoms with Gasteiger partial charge in [0.1, 0.15) is 36.6 Å². The van der Waals surface area contributed by atoms with Crippen LogP contribution < -0.4 is 0 Å². The molecule has 8 rings (SSSR count). The Morgan fingerprint density at radius 2 is 0.984 bits per heavy atom. The third kappa shape index (κ3) is 11.6. The Kier molecular flexibility index (Phi) is 15.8. The van der Waals surface area contributed by atoms with Crippen LogP contribution in [0.2, 0.25) is 0 Å². The van der Waals surface area contributed by atoms with Gasteiger partial charge in [-0.3, -0.25) is 9.69 Å². The molecule has 0 aromatic heterocycles. The fourth-order valence-corrected chi connectivity index (χ4v) is 8.34. The number of methoxy groups -OCH3 is 1. The third-order valence-corrected chi connectivity index (χ3v) is 11.4. The van der Waals surface area contributed by atoms with E-state index in [1.807, 2.05) is 152 Å². The summed E-state index contributed by atoms with van der Waals surface area (Å²) >= 11 is 0. The molecule has 10 atom stereocenters. The molecule has 3 fully saturated rings. The lowest BCUT2D eigenvalue weighted by molar-refractivity contribution is -0.335. The predicted octanol–water partition coefficient (Wildman–Crippen LogP) is 7.39. The molecule has 5 aromatic rings. The van der Waals surface area contributed by atoms with E-state index in [-0.39, 0.29) is 46.2 Å². The van der Waals surface area contributed by atoms with E-state index in [1.54, 1.807) is 12.0 Å². The molecule has 4 unspecified atom stereocenters. The fraction of sp³-hybridized carbons (Fsp3) is 0.373. The summed E-state index contributed by atoms with van der Waals surface area (Å²) in [7, 11) is 1.56. The Hall–Kier alpha value is -5.48. The summed E-state index contributed by atoms with van der Waals surface area (Å²) in [6, 6.07) is 48.0. The van der Waals surface area contributed by atoms with E-state index in [0.29, 0.717) is 0 Å². The van der Waals surface area contributed by atoms with Gasteiger partial charge < -0.3 is 47.4 Å². The predicted molar refractivity (Wildman–Crippen MR) is 233 cm³/mol. The minimum absolute atomic E-state index is 0.0104. The molecule has 3 heterocycles. The van der Waals surface area contributed by atoms with Crippen LogP contribution in [-0.2, 0) is 85.1 Å². The average Bonchev–Trinajstić information content (AvgIpc) is 3.66.